The first-order chi connectivity index (χ1) is 10.7. The fourth-order valence-electron chi connectivity index (χ4n) is 2.52. The number of benzene rings is 1. The lowest BCUT2D eigenvalue weighted by molar-refractivity contribution is -0.122. The van der Waals surface area contributed by atoms with Crippen molar-refractivity contribution in [1.29, 1.82) is 5.26 Å². The number of ether oxygens (including phenoxy) is 1. The van der Waals surface area contributed by atoms with Crippen LogP contribution in [0.1, 0.15) is 16.4 Å². The normalized spacial score (nSPS) is 20.7. The summed E-state index contributed by atoms with van der Waals surface area (Å²) in [7, 11) is 1.61. The van der Waals surface area contributed by atoms with Gasteiger partial charge in [0.05, 0.1) is 23.8 Å². The summed E-state index contributed by atoms with van der Waals surface area (Å²) in [6.07, 6.45) is 1.96. The second-order valence-corrected chi connectivity index (χ2v) is 5.90. The molecule has 110 valence electrons. The van der Waals surface area contributed by atoms with Crippen LogP contribution in [0.2, 0.25) is 0 Å². The molecular formula is C17H14N2O2S. The Morgan fingerprint density at radius 3 is 2.64 bits per heavy atom. The molecule has 5 heteroatoms. The van der Waals surface area contributed by atoms with Crippen molar-refractivity contribution in [1.82, 2.24) is 5.32 Å². The number of hydrogen-bond acceptors (Lipinski definition) is 4. The summed E-state index contributed by atoms with van der Waals surface area (Å²) in [4.78, 5) is 13.2. The average molecular weight is 310 g/mol. The molecule has 3 rings (SSSR count). The molecule has 0 spiro atoms. The summed E-state index contributed by atoms with van der Waals surface area (Å²) in [6, 6.07) is 13.5. The van der Waals surface area contributed by atoms with E-state index in [1.807, 2.05) is 47.9 Å². The predicted molar refractivity (Wildman–Crippen MR) is 85.3 cm³/mol. The van der Waals surface area contributed by atoms with Crippen LogP contribution >= 0.6 is 11.3 Å². The molecule has 2 aromatic rings. The predicted octanol–water partition coefficient (Wildman–Crippen LogP) is 3.15. The van der Waals surface area contributed by atoms with E-state index in [1.165, 1.54) is 0 Å². The Labute approximate surface area is 132 Å². The lowest BCUT2D eigenvalue weighted by Crippen LogP contribution is -2.36. The Morgan fingerprint density at radius 2 is 2.05 bits per heavy atom. The quantitative estimate of drug-likeness (QED) is 0.947. The van der Waals surface area contributed by atoms with E-state index in [0.717, 1.165) is 21.9 Å². The average Bonchev–Trinajstić information content (AvgIpc) is 3.08. The van der Waals surface area contributed by atoms with Crippen LogP contribution in [0.3, 0.4) is 0 Å². The zero-order valence-corrected chi connectivity index (χ0v) is 12.8. The van der Waals surface area contributed by atoms with E-state index in [0.29, 0.717) is 0 Å². The van der Waals surface area contributed by atoms with Gasteiger partial charge in [0, 0.05) is 5.92 Å². The maximum atomic E-state index is 12.2. The molecule has 2 heterocycles. The fourth-order valence-corrected chi connectivity index (χ4v) is 3.23. The number of amides is 1. The Morgan fingerprint density at radius 1 is 1.27 bits per heavy atom. The largest absolute Gasteiger partial charge is 0.497 e. The zero-order chi connectivity index (χ0) is 15.5. The number of rotatable bonds is 3. The number of nitrogens with one attached hydrogen (secondary N) is 1. The molecule has 1 aliphatic rings. The number of carbonyl (C=O) groups excluding carboxylic acids is 1. The molecule has 0 saturated carbocycles. The third-order valence-corrected chi connectivity index (χ3v) is 4.58. The molecular weight excluding hydrogens is 296 g/mol. The Hall–Kier alpha value is -2.58. The minimum atomic E-state index is -0.725. The molecule has 1 amide bonds. The topological polar surface area (TPSA) is 62.1 Å². The van der Waals surface area contributed by atoms with Crippen LogP contribution in [0.15, 0.2) is 47.9 Å². The zero-order valence-electron chi connectivity index (χ0n) is 11.9. The van der Waals surface area contributed by atoms with Crippen molar-refractivity contribution in [2.24, 2.45) is 5.92 Å². The van der Waals surface area contributed by atoms with Gasteiger partial charge in [-0.15, -0.1) is 11.3 Å². The van der Waals surface area contributed by atoms with E-state index in [4.69, 9.17) is 4.74 Å². The highest BCUT2D eigenvalue weighted by Gasteiger charge is 2.33. The van der Waals surface area contributed by atoms with Crippen LogP contribution in [0.4, 0.5) is 0 Å². The van der Waals surface area contributed by atoms with Gasteiger partial charge < -0.3 is 10.1 Å². The van der Waals surface area contributed by atoms with Gasteiger partial charge in [-0.25, -0.2) is 0 Å². The standard InChI is InChI=1S/C17H14N2O2S/c1-21-12-6-4-11(5-7-12)13-9-15(16-3-2-8-22-16)19-17(20)14(13)10-18/h2-9,13-14H,1H3,(H,19,20)/t13-,14-/m1/s1. The second-order valence-electron chi connectivity index (χ2n) is 4.95. The van der Waals surface area contributed by atoms with Crippen LogP contribution in [0.25, 0.3) is 5.70 Å². The van der Waals surface area contributed by atoms with Crippen LogP contribution in [0, 0.1) is 17.2 Å². The number of thiophene rings is 1. The van der Waals surface area contributed by atoms with Crippen molar-refractivity contribution in [3.63, 3.8) is 0 Å². The minimum absolute atomic E-state index is 0.255. The summed E-state index contributed by atoms with van der Waals surface area (Å²) >= 11 is 1.56. The number of nitriles is 1. The third-order valence-electron chi connectivity index (χ3n) is 3.67. The van der Waals surface area contributed by atoms with Crippen molar-refractivity contribution in [3.8, 4) is 11.8 Å². The number of allylic oxidation sites excluding steroid dienone is 1. The van der Waals surface area contributed by atoms with E-state index >= 15 is 0 Å². The molecule has 0 saturated heterocycles. The lowest BCUT2D eigenvalue weighted by Gasteiger charge is -2.26. The van der Waals surface area contributed by atoms with Gasteiger partial charge in [0.2, 0.25) is 5.91 Å². The first kappa shape index (κ1) is 14.4. The summed E-state index contributed by atoms with van der Waals surface area (Å²) in [6.45, 7) is 0. The maximum Gasteiger partial charge on any atom is 0.242 e. The molecule has 2 atom stereocenters. The molecule has 1 aromatic carbocycles. The number of nitrogens with zero attached hydrogens (tertiary/aromatic N) is 1. The summed E-state index contributed by atoms with van der Waals surface area (Å²) in [5.41, 5.74) is 1.70. The summed E-state index contributed by atoms with van der Waals surface area (Å²) in [5, 5.41) is 14.1. The Bertz CT molecular complexity index is 742. The highest BCUT2D eigenvalue weighted by atomic mass is 32.1. The minimum Gasteiger partial charge on any atom is -0.497 e. The van der Waals surface area contributed by atoms with Gasteiger partial charge in [-0.3, -0.25) is 4.79 Å². The molecule has 0 aliphatic carbocycles. The highest BCUT2D eigenvalue weighted by molar-refractivity contribution is 7.11. The van der Waals surface area contributed by atoms with Gasteiger partial charge in [-0.05, 0) is 29.1 Å². The van der Waals surface area contributed by atoms with Gasteiger partial charge in [0.15, 0.2) is 0 Å². The van der Waals surface area contributed by atoms with E-state index in [1.54, 1.807) is 18.4 Å². The van der Waals surface area contributed by atoms with Gasteiger partial charge >= 0.3 is 0 Å². The van der Waals surface area contributed by atoms with Crippen LogP contribution in [-0.2, 0) is 4.79 Å². The molecule has 1 aliphatic heterocycles. The lowest BCUT2D eigenvalue weighted by atomic mass is 9.83. The molecule has 0 radical (unpaired) electrons. The maximum absolute atomic E-state index is 12.2. The number of methoxy groups -OCH3 is 1. The fraction of sp³-hybridized carbons (Fsp3) is 0.176. The van der Waals surface area contributed by atoms with Crippen LogP contribution in [-0.4, -0.2) is 13.0 Å². The second kappa shape index (κ2) is 6.04. The van der Waals surface area contributed by atoms with Crippen molar-refractivity contribution in [3.05, 3.63) is 58.3 Å². The first-order valence-corrected chi connectivity index (χ1v) is 7.71. The van der Waals surface area contributed by atoms with E-state index in [9.17, 15) is 10.1 Å². The summed E-state index contributed by atoms with van der Waals surface area (Å²) < 4.78 is 5.15. The van der Waals surface area contributed by atoms with Crippen molar-refractivity contribution >= 4 is 22.9 Å². The molecule has 0 bridgehead atoms. The Kier molecular flexibility index (Phi) is 3.94. The highest BCUT2D eigenvalue weighted by Crippen LogP contribution is 2.34. The van der Waals surface area contributed by atoms with Crippen LogP contribution in [0.5, 0.6) is 5.75 Å². The van der Waals surface area contributed by atoms with E-state index in [2.05, 4.69) is 11.4 Å². The molecule has 1 N–H and O–H groups in total. The van der Waals surface area contributed by atoms with Gasteiger partial charge in [-0.1, -0.05) is 24.3 Å². The van der Waals surface area contributed by atoms with E-state index in [-0.39, 0.29) is 11.8 Å². The molecule has 4 nitrogen and oxygen atoms in total. The van der Waals surface area contributed by atoms with E-state index < -0.39 is 5.92 Å². The molecule has 22 heavy (non-hydrogen) atoms. The molecule has 0 unspecified atom stereocenters. The monoisotopic (exact) mass is 310 g/mol. The van der Waals surface area contributed by atoms with Crippen molar-refractivity contribution in [2.45, 2.75) is 5.92 Å². The Balaban J connectivity index is 2.02. The number of hydrogen-bond donors (Lipinski definition) is 1. The summed E-state index contributed by atoms with van der Waals surface area (Å²) in [5.74, 6) is -0.493. The number of carbonyl (C=O) groups is 1. The van der Waals surface area contributed by atoms with Crippen molar-refractivity contribution in [2.75, 3.05) is 7.11 Å². The third kappa shape index (κ3) is 2.61. The van der Waals surface area contributed by atoms with Crippen LogP contribution < -0.4 is 10.1 Å². The van der Waals surface area contributed by atoms with Gasteiger partial charge in [0.1, 0.15) is 11.7 Å². The molecule has 1 aromatic heterocycles. The first-order valence-electron chi connectivity index (χ1n) is 6.83. The smallest absolute Gasteiger partial charge is 0.242 e. The van der Waals surface area contributed by atoms with Crippen molar-refractivity contribution < 1.29 is 9.53 Å². The van der Waals surface area contributed by atoms with Gasteiger partial charge in [-0.2, -0.15) is 5.26 Å². The van der Waals surface area contributed by atoms with Gasteiger partial charge in [0.25, 0.3) is 0 Å². The molecule has 0 fully saturated rings. The SMILES string of the molecule is COc1ccc([C@H]2C=C(c3cccs3)NC(=O)[C@@H]2C#N)cc1.